The van der Waals surface area contributed by atoms with Gasteiger partial charge in [0, 0.05) is 18.3 Å². The molecule has 0 bridgehead atoms. The third kappa shape index (κ3) is 1.83. The smallest absolute Gasteiger partial charge is 0.155 e. The maximum absolute atomic E-state index is 12.4. The van der Waals surface area contributed by atoms with Crippen LogP contribution in [-0.2, 0) is 9.59 Å². The molecule has 114 valence electrons. The Hall–Kier alpha value is -0.920. The molecule has 5 unspecified atom stereocenters. The van der Waals surface area contributed by atoms with Gasteiger partial charge in [-0.25, -0.2) is 0 Å². The topological polar surface area (TPSA) is 34.1 Å². The Morgan fingerprint density at radius 2 is 1.95 bits per heavy atom. The number of rotatable bonds is 0. The highest BCUT2D eigenvalue weighted by Gasteiger charge is 2.57. The van der Waals surface area contributed by atoms with Crippen LogP contribution in [0.15, 0.2) is 11.6 Å². The summed E-state index contributed by atoms with van der Waals surface area (Å²) in [5.41, 5.74) is 1.41. The van der Waals surface area contributed by atoms with E-state index in [0.29, 0.717) is 35.2 Å². The Kier molecular flexibility index (Phi) is 2.96. The van der Waals surface area contributed by atoms with Crippen LogP contribution < -0.4 is 0 Å². The molecule has 2 heteroatoms. The minimum absolute atomic E-state index is 0.0267. The lowest BCUT2D eigenvalue weighted by Gasteiger charge is -2.54. The third-order valence-electron chi connectivity index (χ3n) is 7.35. The molecule has 3 fully saturated rings. The summed E-state index contributed by atoms with van der Waals surface area (Å²) in [6, 6.07) is 0. The van der Waals surface area contributed by atoms with Crippen molar-refractivity contribution in [1.29, 1.82) is 0 Å². The van der Waals surface area contributed by atoms with E-state index in [1.165, 1.54) is 12.0 Å². The summed E-state index contributed by atoms with van der Waals surface area (Å²) in [6.45, 7) is 4.61. The van der Waals surface area contributed by atoms with Crippen molar-refractivity contribution in [3.05, 3.63) is 11.6 Å². The molecule has 0 N–H and O–H groups in total. The Morgan fingerprint density at radius 3 is 2.76 bits per heavy atom. The van der Waals surface area contributed by atoms with Crippen molar-refractivity contribution in [2.24, 2.45) is 35.0 Å². The first kappa shape index (κ1) is 13.7. The Balaban J connectivity index is 1.70. The van der Waals surface area contributed by atoms with E-state index in [1.807, 2.05) is 6.08 Å². The zero-order valence-corrected chi connectivity index (χ0v) is 13.2. The molecule has 0 heterocycles. The third-order valence-corrected chi connectivity index (χ3v) is 7.35. The molecule has 0 aromatic carbocycles. The van der Waals surface area contributed by atoms with Crippen LogP contribution in [0, 0.1) is 35.0 Å². The maximum atomic E-state index is 12.4. The maximum Gasteiger partial charge on any atom is 0.155 e. The molecular weight excluding hydrogens is 260 g/mol. The molecule has 0 aromatic heterocycles. The van der Waals surface area contributed by atoms with Crippen LogP contribution in [-0.4, -0.2) is 11.6 Å². The number of fused-ring (bicyclic) bond motifs is 5. The van der Waals surface area contributed by atoms with Crippen molar-refractivity contribution in [2.45, 2.75) is 58.8 Å². The van der Waals surface area contributed by atoms with Gasteiger partial charge < -0.3 is 0 Å². The van der Waals surface area contributed by atoms with E-state index in [4.69, 9.17) is 0 Å². The molecule has 0 saturated heterocycles. The number of allylic oxidation sites excluding steroid dienone is 1. The van der Waals surface area contributed by atoms with E-state index in [0.717, 1.165) is 44.4 Å². The number of hydrogen-bond donors (Lipinski definition) is 0. The fraction of sp³-hybridized carbons (Fsp3) is 0.789. The van der Waals surface area contributed by atoms with Gasteiger partial charge in [0.1, 0.15) is 5.78 Å². The van der Waals surface area contributed by atoms with Crippen LogP contribution in [0.5, 0.6) is 0 Å². The number of ketones is 2. The lowest BCUT2D eigenvalue weighted by atomic mass is 9.50. The van der Waals surface area contributed by atoms with Gasteiger partial charge in [0.2, 0.25) is 0 Å². The van der Waals surface area contributed by atoms with Crippen LogP contribution in [0.3, 0.4) is 0 Å². The second-order valence-electron chi connectivity index (χ2n) is 8.28. The van der Waals surface area contributed by atoms with Crippen LogP contribution in [0.2, 0.25) is 0 Å². The average Bonchev–Trinajstić information content (AvgIpc) is 2.74. The SMILES string of the molecule is C[C@@H]1CC2=CC(=O)CCC2C2CCC3(C)C(=O)CCC3C21. The monoisotopic (exact) mass is 286 g/mol. The normalized spacial score (nSPS) is 49.2. The molecule has 0 radical (unpaired) electrons. The Morgan fingerprint density at radius 1 is 1.14 bits per heavy atom. The van der Waals surface area contributed by atoms with Crippen molar-refractivity contribution >= 4 is 11.6 Å². The Bertz CT molecular complexity index is 532. The highest BCUT2D eigenvalue weighted by molar-refractivity contribution is 5.91. The highest BCUT2D eigenvalue weighted by atomic mass is 16.1. The first-order valence-corrected chi connectivity index (χ1v) is 8.77. The van der Waals surface area contributed by atoms with E-state index < -0.39 is 0 Å². The number of Topliss-reactive ketones (excluding diaryl/α,β-unsaturated/α-hetero) is 1. The summed E-state index contributed by atoms with van der Waals surface area (Å²) in [7, 11) is 0. The lowest BCUT2D eigenvalue weighted by Crippen LogP contribution is -2.49. The quantitative estimate of drug-likeness (QED) is 0.676. The molecule has 0 amide bonds. The van der Waals surface area contributed by atoms with Crippen LogP contribution in [0.1, 0.15) is 58.8 Å². The molecule has 2 nitrogen and oxygen atoms in total. The number of carbonyl (C=O) groups is 2. The summed E-state index contributed by atoms with van der Waals surface area (Å²) in [5.74, 6) is 4.20. The van der Waals surface area contributed by atoms with Crippen LogP contribution >= 0.6 is 0 Å². The molecule has 21 heavy (non-hydrogen) atoms. The largest absolute Gasteiger partial charge is 0.299 e. The van der Waals surface area contributed by atoms with E-state index >= 15 is 0 Å². The molecule has 0 aliphatic heterocycles. The number of hydrogen-bond acceptors (Lipinski definition) is 2. The van der Waals surface area contributed by atoms with E-state index in [9.17, 15) is 9.59 Å². The van der Waals surface area contributed by atoms with Crippen molar-refractivity contribution < 1.29 is 9.59 Å². The zero-order chi connectivity index (χ0) is 14.8. The van der Waals surface area contributed by atoms with Crippen molar-refractivity contribution in [3.8, 4) is 0 Å². The molecule has 4 aliphatic carbocycles. The van der Waals surface area contributed by atoms with Crippen LogP contribution in [0.4, 0.5) is 0 Å². The molecule has 6 atom stereocenters. The molecule has 4 aliphatic rings. The van der Waals surface area contributed by atoms with Gasteiger partial charge >= 0.3 is 0 Å². The second-order valence-corrected chi connectivity index (χ2v) is 8.28. The standard InChI is InChI=1S/C19H26O2/c1-11-9-12-10-13(20)3-4-14(12)15-7-8-19(2)16(18(11)15)5-6-17(19)21/h10-11,14-16,18H,3-9H2,1-2H3/t11-,14?,15?,16?,18?,19?/m1/s1. The average molecular weight is 286 g/mol. The van der Waals surface area contributed by atoms with Gasteiger partial charge in [-0.05, 0) is 67.8 Å². The summed E-state index contributed by atoms with van der Waals surface area (Å²) in [6.07, 6.45) is 9.08. The molecular formula is C19H26O2. The predicted octanol–water partition coefficient (Wildman–Crippen LogP) is 3.94. The molecule has 0 spiro atoms. The second kappa shape index (κ2) is 4.54. The molecule has 0 aromatic rings. The van der Waals surface area contributed by atoms with Crippen molar-refractivity contribution in [3.63, 3.8) is 0 Å². The summed E-state index contributed by atoms with van der Waals surface area (Å²) >= 11 is 0. The summed E-state index contributed by atoms with van der Waals surface area (Å²) in [4.78, 5) is 24.1. The summed E-state index contributed by atoms with van der Waals surface area (Å²) < 4.78 is 0. The summed E-state index contributed by atoms with van der Waals surface area (Å²) in [5, 5.41) is 0. The Labute approximate surface area is 127 Å². The molecule has 3 saturated carbocycles. The van der Waals surface area contributed by atoms with Gasteiger partial charge in [0.05, 0.1) is 0 Å². The van der Waals surface area contributed by atoms with Crippen molar-refractivity contribution in [2.75, 3.05) is 0 Å². The minimum Gasteiger partial charge on any atom is -0.299 e. The van der Waals surface area contributed by atoms with Crippen LogP contribution in [0.25, 0.3) is 0 Å². The van der Waals surface area contributed by atoms with Gasteiger partial charge in [0.15, 0.2) is 5.78 Å². The van der Waals surface area contributed by atoms with Gasteiger partial charge in [-0.2, -0.15) is 0 Å². The zero-order valence-electron chi connectivity index (χ0n) is 13.2. The number of carbonyl (C=O) groups excluding carboxylic acids is 2. The first-order valence-electron chi connectivity index (χ1n) is 8.77. The fourth-order valence-corrected chi connectivity index (χ4v) is 6.36. The van der Waals surface area contributed by atoms with Crippen molar-refractivity contribution in [1.82, 2.24) is 0 Å². The van der Waals surface area contributed by atoms with Gasteiger partial charge in [-0.1, -0.05) is 19.4 Å². The van der Waals surface area contributed by atoms with E-state index in [1.54, 1.807) is 0 Å². The minimum atomic E-state index is -0.0267. The molecule has 4 rings (SSSR count). The highest BCUT2D eigenvalue weighted by Crippen LogP contribution is 2.61. The lowest BCUT2D eigenvalue weighted by molar-refractivity contribution is -0.132. The van der Waals surface area contributed by atoms with E-state index in [-0.39, 0.29) is 5.41 Å². The van der Waals surface area contributed by atoms with Gasteiger partial charge in [-0.3, -0.25) is 9.59 Å². The van der Waals surface area contributed by atoms with Gasteiger partial charge in [-0.15, -0.1) is 0 Å². The first-order chi connectivity index (χ1) is 10.0. The van der Waals surface area contributed by atoms with E-state index in [2.05, 4.69) is 13.8 Å². The van der Waals surface area contributed by atoms with Gasteiger partial charge in [0.25, 0.3) is 0 Å². The predicted molar refractivity (Wildman–Crippen MR) is 81.6 cm³/mol. The fourth-order valence-electron chi connectivity index (χ4n) is 6.36.